The predicted octanol–water partition coefficient (Wildman–Crippen LogP) is 23.2. The van der Waals surface area contributed by atoms with Crippen LogP contribution in [0.25, 0.3) is 0 Å². The summed E-state index contributed by atoms with van der Waals surface area (Å²) < 4.78 is 0. The van der Waals surface area contributed by atoms with E-state index in [1.54, 1.807) is 0 Å². The molecule has 122 heavy (non-hydrogen) atoms. The summed E-state index contributed by atoms with van der Waals surface area (Å²) in [4.78, 5) is 74.9. The van der Waals surface area contributed by atoms with Crippen LogP contribution in [0.15, 0.2) is 0 Å². The van der Waals surface area contributed by atoms with Gasteiger partial charge in [0.25, 0.3) is 0 Å². The summed E-state index contributed by atoms with van der Waals surface area (Å²) in [5, 5.41) is 12.2. The smallest absolute Gasteiger partial charge is 0.232 e. The van der Waals surface area contributed by atoms with E-state index in [9.17, 15) is 0 Å². The van der Waals surface area contributed by atoms with Gasteiger partial charge < -0.3 is 60.0 Å². The maximum absolute atomic E-state index is 6.14. The van der Waals surface area contributed by atoms with Crippen molar-refractivity contribution >= 4 is 53.5 Å². The summed E-state index contributed by atoms with van der Waals surface area (Å²) in [6.45, 7) is 78.8. The van der Waals surface area contributed by atoms with Gasteiger partial charge in [-0.2, -0.15) is 44.9 Å². The molecule has 3 N–H and O–H groups in total. The molecule has 3 aliphatic heterocycles. The van der Waals surface area contributed by atoms with Crippen molar-refractivity contribution in [3.8, 4) is 0 Å². The lowest BCUT2D eigenvalue weighted by molar-refractivity contribution is 0.0942. The molecule has 5 aliphatic rings. The van der Waals surface area contributed by atoms with Gasteiger partial charge in [0.05, 0.1) is 0 Å². The Balaban J connectivity index is 1.20. The SMILES string of the molecule is CCCCN(C)c1nc(N(CCCC)CCCC)nc(N(CCCCCCN(c2nc(N(CCCCCCN(c3nc(N(CCCC)CCCC)nc(N(CCCC)CCCC)n3)C3CC(C)(C)NC(C)(C)C3)C3CC(C)(C)CC(C)(C)C3)nc(N(CCCC)C3CC(C)(C)NC(C)(C)C3)n2)C2CC(C)(C)CC(C)(C)C2)C2CC(C)(C)NC(C)(C)C2)n1. The summed E-state index contributed by atoms with van der Waals surface area (Å²) in [6, 6.07) is 1.29. The van der Waals surface area contributed by atoms with Crippen LogP contribution in [-0.4, -0.2) is 194 Å². The van der Waals surface area contributed by atoms with Crippen LogP contribution in [0.2, 0.25) is 0 Å². The molecule has 0 atom stereocenters. The zero-order valence-corrected chi connectivity index (χ0v) is 84.9. The van der Waals surface area contributed by atoms with E-state index >= 15 is 0 Å². The van der Waals surface area contributed by atoms with Gasteiger partial charge in [-0.1, -0.05) is 188 Å². The fraction of sp³-hybridized carbons (Fsp3) is 0.911. The van der Waals surface area contributed by atoms with Crippen molar-refractivity contribution in [2.75, 3.05) is 130 Å². The minimum atomic E-state index is -0.0711. The highest BCUT2D eigenvalue weighted by molar-refractivity contribution is 5.52. The third-order valence-corrected chi connectivity index (χ3v) is 27.4. The zero-order chi connectivity index (χ0) is 89.7. The molecule has 3 aromatic rings. The second kappa shape index (κ2) is 45.4. The second-order valence-corrected chi connectivity index (χ2v) is 46.7. The van der Waals surface area contributed by atoms with Gasteiger partial charge >= 0.3 is 0 Å². The molecule has 0 spiro atoms. The maximum Gasteiger partial charge on any atom is 0.232 e. The Morgan fingerprint density at radius 1 is 0.213 bits per heavy atom. The van der Waals surface area contributed by atoms with Gasteiger partial charge in [-0.15, -0.1) is 0 Å². The highest BCUT2D eigenvalue weighted by Crippen LogP contribution is 2.51. The van der Waals surface area contributed by atoms with Crippen molar-refractivity contribution in [1.29, 1.82) is 0 Å². The van der Waals surface area contributed by atoms with E-state index in [0.29, 0.717) is 0 Å². The molecule has 2 saturated carbocycles. The first-order valence-corrected chi connectivity index (χ1v) is 50.8. The summed E-state index contributed by atoms with van der Waals surface area (Å²) in [6.07, 6.45) is 39.3. The van der Waals surface area contributed by atoms with Crippen LogP contribution in [0.3, 0.4) is 0 Å². The van der Waals surface area contributed by atoms with E-state index in [-0.39, 0.29) is 85.1 Å². The number of hydrogen-bond donors (Lipinski definition) is 3. The van der Waals surface area contributed by atoms with Gasteiger partial charge in [-0.05, 0) is 259 Å². The first-order valence-electron chi connectivity index (χ1n) is 50.8. The summed E-state index contributed by atoms with van der Waals surface area (Å²) in [5.41, 5.74) is 0.183. The third kappa shape index (κ3) is 31.8. The van der Waals surface area contributed by atoms with Crippen LogP contribution in [0.4, 0.5) is 53.5 Å². The molecule has 700 valence electrons. The van der Waals surface area contributed by atoms with E-state index in [1.807, 2.05) is 0 Å². The first-order chi connectivity index (χ1) is 57.3. The molecule has 8 rings (SSSR count). The molecular formula is C101H191N21. The fourth-order valence-electron chi connectivity index (χ4n) is 23.7. The quantitative estimate of drug-likeness (QED) is 0.0454. The number of anilines is 9. The van der Waals surface area contributed by atoms with Crippen molar-refractivity contribution in [2.24, 2.45) is 21.7 Å². The number of nitrogens with one attached hydrogen (secondary N) is 3. The number of rotatable bonds is 52. The Morgan fingerprint density at radius 3 is 0.615 bits per heavy atom. The molecule has 3 aromatic heterocycles. The fourth-order valence-corrected chi connectivity index (χ4v) is 23.7. The Morgan fingerprint density at radius 2 is 0.385 bits per heavy atom. The Bertz CT molecular complexity index is 3390. The number of piperidine rings is 3. The number of hydrogen-bond acceptors (Lipinski definition) is 21. The Labute approximate surface area is 750 Å². The van der Waals surface area contributed by atoms with Gasteiger partial charge in [-0.3, -0.25) is 0 Å². The summed E-state index contributed by atoms with van der Waals surface area (Å²) in [5.74, 6) is 7.75. The van der Waals surface area contributed by atoms with Crippen LogP contribution in [0.1, 0.15) is 425 Å². The van der Waals surface area contributed by atoms with E-state index in [2.05, 4.69) is 261 Å². The molecule has 6 heterocycles. The molecule has 2 aliphatic carbocycles. The zero-order valence-electron chi connectivity index (χ0n) is 84.9. The highest BCUT2D eigenvalue weighted by Gasteiger charge is 2.48. The minimum absolute atomic E-state index is 0.0562. The molecule has 5 fully saturated rings. The normalized spacial score (nSPS) is 20.5. The number of nitrogens with zero attached hydrogens (tertiary/aromatic N) is 18. The largest absolute Gasteiger partial charge is 0.344 e. The van der Waals surface area contributed by atoms with Crippen LogP contribution >= 0.6 is 0 Å². The molecule has 21 heteroatoms. The monoisotopic (exact) mass is 1700 g/mol. The standard InChI is InChI=1S/C101H191N21/c1-30-38-54-114(29)83-102-84(115(55-39-31-2)56-40-32-3)105-87(103-83)121(81-72-98(21,22)112-99(23,24)73-81)64-52-48-46-50-62-119(78-66-92(9,10)76-93(11,12)67-78)90-108-89(118(61-45-37-8)80-70-96(17,18)111-97(19,20)71-80)109-91(110-90)120(79-68-94(13,14)77-95(15,16)69-79)63-51-47-49-53-65-122(82-74-100(25,26)113-101(27,28)75-82)88-106-85(116(57-41-33-4)58-42-34-5)104-86(107-88)117(59-43-35-6)60-44-36-7/h78-82,111-113H,30-77H2,1-29H3. The van der Waals surface area contributed by atoms with Crippen LogP contribution in [0, 0.1) is 21.7 Å². The molecule has 21 nitrogen and oxygen atoms in total. The van der Waals surface area contributed by atoms with Gasteiger partial charge in [0.2, 0.25) is 53.5 Å². The number of aromatic nitrogens is 9. The second-order valence-electron chi connectivity index (χ2n) is 46.7. The van der Waals surface area contributed by atoms with Crippen LogP contribution in [-0.2, 0) is 0 Å². The molecule has 0 radical (unpaired) electrons. The number of unbranched alkanes of at least 4 members (excludes halogenated alkanes) is 14. The van der Waals surface area contributed by atoms with E-state index in [4.69, 9.17) is 44.9 Å². The van der Waals surface area contributed by atoms with E-state index in [1.165, 1.54) is 12.8 Å². The van der Waals surface area contributed by atoms with Crippen molar-refractivity contribution in [3.63, 3.8) is 0 Å². The van der Waals surface area contributed by atoms with E-state index in [0.717, 1.165) is 350 Å². The van der Waals surface area contributed by atoms with Crippen molar-refractivity contribution in [1.82, 2.24) is 60.8 Å². The average Bonchev–Trinajstić information content (AvgIpc) is 0.759. The Kier molecular flexibility index (Phi) is 38.1. The molecular weight excluding hydrogens is 1510 g/mol. The molecule has 0 bridgehead atoms. The lowest BCUT2D eigenvalue weighted by Gasteiger charge is -2.50. The topological polar surface area (TPSA) is 181 Å². The Hall–Kier alpha value is -4.89. The lowest BCUT2D eigenvalue weighted by atomic mass is 9.63. The molecule has 0 unspecified atom stereocenters. The van der Waals surface area contributed by atoms with Crippen molar-refractivity contribution in [3.05, 3.63) is 0 Å². The summed E-state index contributed by atoms with van der Waals surface area (Å²) in [7, 11) is 2.19. The minimum Gasteiger partial charge on any atom is -0.344 e. The van der Waals surface area contributed by atoms with Gasteiger partial charge in [0, 0.05) is 149 Å². The maximum atomic E-state index is 6.14. The summed E-state index contributed by atoms with van der Waals surface area (Å²) >= 11 is 0. The van der Waals surface area contributed by atoms with Crippen LogP contribution < -0.4 is 60.0 Å². The van der Waals surface area contributed by atoms with Crippen molar-refractivity contribution in [2.45, 2.75) is 488 Å². The predicted molar refractivity (Wildman–Crippen MR) is 526 cm³/mol. The highest BCUT2D eigenvalue weighted by atomic mass is 15.4. The lowest BCUT2D eigenvalue weighted by Crippen LogP contribution is -2.62. The first kappa shape index (κ1) is 102. The third-order valence-electron chi connectivity index (χ3n) is 27.4. The van der Waals surface area contributed by atoms with Crippen LogP contribution in [0.5, 0.6) is 0 Å². The molecule has 3 saturated heterocycles. The molecule has 0 amide bonds. The van der Waals surface area contributed by atoms with Gasteiger partial charge in [0.15, 0.2) is 0 Å². The van der Waals surface area contributed by atoms with Crippen molar-refractivity contribution < 1.29 is 0 Å². The average molecular weight is 1700 g/mol. The van der Waals surface area contributed by atoms with Gasteiger partial charge in [-0.25, -0.2) is 0 Å². The van der Waals surface area contributed by atoms with Gasteiger partial charge in [0.1, 0.15) is 0 Å². The molecule has 0 aromatic carbocycles. The van der Waals surface area contributed by atoms with E-state index < -0.39 is 0 Å².